The molecule has 1 fully saturated rings. The van der Waals surface area contributed by atoms with Crippen LogP contribution in [0.25, 0.3) is 0 Å². The highest BCUT2D eigenvalue weighted by molar-refractivity contribution is 9.10. The van der Waals surface area contributed by atoms with Crippen LogP contribution in [0.2, 0.25) is 5.02 Å². The monoisotopic (exact) mass is 415 g/mol. The van der Waals surface area contributed by atoms with Crippen LogP contribution in [0.15, 0.2) is 21.5 Å². The fourth-order valence-electron chi connectivity index (χ4n) is 2.05. The van der Waals surface area contributed by atoms with Gasteiger partial charge in [-0.2, -0.15) is 0 Å². The predicted molar refractivity (Wildman–Crippen MR) is 83.5 cm³/mol. The van der Waals surface area contributed by atoms with Crippen molar-refractivity contribution in [3.63, 3.8) is 0 Å². The van der Waals surface area contributed by atoms with Crippen molar-refractivity contribution >= 4 is 53.2 Å². The Morgan fingerprint density at radius 2 is 1.95 bits per heavy atom. The summed E-state index contributed by atoms with van der Waals surface area (Å²) in [5, 5.41) is 0.0674. The van der Waals surface area contributed by atoms with Gasteiger partial charge >= 0.3 is 0 Å². The molecular weight excluding hydrogens is 405 g/mol. The van der Waals surface area contributed by atoms with Crippen LogP contribution in [-0.4, -0.2) is 38.9 Å². The molecule has 5 nitrogen and oxygen atoms in total. The zero-order chi connectivity index (χ0) is 15.6. The number of carbonyl (C=O) groups is 1. The number of amides is 1. The lowest BCUT2D eigenvalue weighted by atomic mass is 10.3. The van der Waals surface area contributed by atoms with Crippen LogP contribution in [-0.2, 0) is 13.8 Å². The van der Waals surface area contributed by atoms with E-state index in [9.17, 15) is 13.2 Å². The minimum absolute atomic E-state index is 0.0674. The molecule has 1 aliphatic heterocycles. The van der Waals surface area contributed by atoms with Crippen LogP contribution in [0.3, 0.4) is 0 Å². The zero-order valence-corrected chi connectivity index (χ0v) is 14.7. The normalized spacial score (nSPS) is 15.3. The number of likely N-dealkylation sites (tertiary alicyclic amines) is 1. The molecule has 1 aliphatic rings. The molecule has 0 aromatic heterocycles. The van der Waals surface area contributed by atoms with Crippen LogP contribution in [0, 0.1) is 0 Å². The summed E-state index contributed by atoms with van der Waals surface area (Å²) < 4.78 is 28.9. The molecule has 1 aromatic carbocycles. The van der Waals surface area contributed by atoms with Gasteiger partial charge in [-0.25, -0.2) is 8.42 Å². The number of halogens is 3. The van der Waals surface area contributed by atoms with E-state index in [2.05, 4.69) is 15.9 Å². The summed E-state index contributed by atoms with van der Waals surface area (Å²) in [6, 6.07) is 2.76. The van der Waals surface area contributed by atoms with Gasteiger partial charge in [0.25, 0.3) is 15.0 Å². The molecule has 1 heterocycles. The molecule has 1 saturated heterocycles. The van der Waals surface area contributed by atoms with E-state index in [1.807, 2.05) is 0 Å². The van der Waals surface area contributed by atoms with Crippen LogP contribution >= 0.6 is 38.2 Å². The van der Waals surface area contributed by atoms with E-state index in [0.717, 1.165) is 12.8 Å². The Morgan fingerprint density at radius 3 is 2.52 bits per heavy atom. The molecule has 0 N–H and O–H groups in total. The summed E-state index contributed by atoms with van der Waals surface area (Å²) in [6.07, 6.45) is 1.93. The number of nitrogens with zero attached hydrogens (tertiary/aromatic N) is 1. The van der Waals surface area contributed by atoms with Gasteiger partial charge in [-0.15, -0.1) is 0 Å². The largest absolute Gasteiger partial charge is 0.481 e. The van der Waals surface area contributed by atoms with Gasteiger partial charge in [0.2, 0.25) is 0 Å². The van der Waals surface area contributed by atoms with Gasteiger partial charge in [0.05, 0.1) is 5.02 Å². The number of hydrogen-bond donors (Lipinski definition) is 0. The SMILES string of the molecule is O=C(COc1c(Cl)cc(Br)cc1S(=O)(=O)Cl)N1CCCC1. The number of benzene rings is 1. The number of ether oxygens (including phenoxy) is 1. The quantitative estimate of drug-likeness (QED) is 0.707. The maximum absolute atomic E-state index is 11.9. The maximum atomic E-state index is 11.9. The Balaban J connectivity index is 2.21. The van der Waals surface area contributed by atoms with E-state index >= 15 is 0 Å². The van der Waals surface area contributed by atoms with Crippen molar-refractivity contribution < 1.29 is 17.9 Å². The van der Waals surface area contributed by atoms with E-state index in [0.29, 0.717) is 17.6 Å². The van der Waals surface area contributed by atoms with E-state index in [1.165, 1.54) is 12.1 Å². The van der Waals surface area contributed by atoms with Crippen LogP contribution in [0.1, 0.15) is 12.8 Å². The summed E-state index contributed by atoms with van der Waals surface area (Å²) in [7, 11) is 1.33. The highest BCUT2D eigenvalue weighted by Gasteiger charge is 2.23. The molecule has 21 heavy (non-hydrogen) atoms. The fourth-order valence-corrected chi connectivity index (χ4v) is 4.12. The van der Waals surface area contributed by atoms with Crippen molar-refractivity contribution in [1.82, 2.24) is 4.90 Å². The molecule has 0 unspecified atom stereocenters. The van der Waals surface area contributed by atoms with Crippen molar-refractivity contribution in [1.29, 1.82) is 0 Å². The third-order valence-corrected chi connectivity index (χ3v) is 5.10. The molecule has 0 atom stereocenters. The smallest absolute Gasteiger partial charge is 0.265 e. The van der Waals surface area contributed by atoms with Gasteiger partial charge < -0.3 is 9.64 Å². The van der Waals surface area contributed by atoms with Crippen molar-refractivity contribution in [2.75, 3.05) is 19.7 Å². The van der Waals surface area contributed by atoms with Crippen molar-refractivity contribution in [3.8, 4) is 5.75 Å². The summed E-state index contributed by atoms with van der Waals surface area (Å²) in [5.41, 5.74) is 0. The van der Waals surface area contributed by atoms with E-state index in [4.69, 9.17) is 27.0 Å². The molecule has 1 aromatic rings. The third kappa shape index (κ3) is 4.25. The Bertz CT molecular complexity index is 659. The van der Waals surface area contributed by atoms with E-state index in [1.54, 1.807) is 4.90 Å². The van der Waals surface area contributed by atoms with Crippen LogP contribution < -0.4 is 4.74 Å². The molecule has 9 heteroatoms. The lowest BCUT2D eigenvalue weighted by Gasteiger charge is -2.17. The van der Waals surface area contributed by atoms with E-state index < -0.39 is 9.05 Å². The first kappa shape index (κ1) is 16.9. The van der Waals surface area contributed by atoms with Gasteiger partial charge in [-0.05, 0) is 25.0 Å². The molecule has 1 amide bonds. The maximum Gasteiger partial charge on any atom is 0.265 e. The summed E-state index contributed by atoms with van der Waals surface area (Å²) in [4.78, 5) is 13.3. The summed E-state index contributed by atoms with van der Waals surface area (Å²) >= 11 is 9.12. The highest BCUT2D eigenvalue weighted by atomic mass is 79.9. The molecule has 0 bridgehead atoms. The van der Waals surface area contributed by atoms with Gasteiger partial charge in [-0.1, -0.05) is 27.5 Å². The lowest BCUT2D eigenvalue weighted by Crippen LogP contribution is -2.32. The molecule has 2 rings (SSSR count). The summed E-state index contributed by atoms with van der Waals surface area (Å²) in [5.74, 6) is -0.313. The predicted octanol–water partition coefficient (Wildman–Crippen LogP) is 3.03. The molecule has 0 aliphatic carbocycles. The van der Waals surface area contributed by atoms with Crippen molar-refractivity contribution in [2.24, 2.45) is 0 Å². The molecule has 0 spiro atoms. The second-order valence-electron chi connectivity index (χ2n) is 4.53. The number of rotatable bonds is 4. The van der Waals surface area contributed by atoms with Crippen molar-refractivity contribution in [3.05, 3.63) is 21.6 Å². The summed E-state index contributed by atoms with van der Waals surface area (Å²) in [6.45, 7) is 1.11. The Hall–Kier alpha value is -0.500. The standard InChI is InChI=1S/C12H12BrCl2NO4S/c13-8-5-9(14)12(10(6-8)21(15,18)19)20-7-11(17)16-3-1-2-4-16/h5-6H,1-4,7H2. The lowest BCUT2D eigenvalue weighted by molar-refractivity contribution is -0.132. The third-order valence-electron chi connectivity index (χ3n) is 3.04. The average Bonchev–Trinajstić information content (AvgIpc) is 2.89. The minimum Gasteiger partial charge on any atom is -0.481 e. The molecule has 116 valence electrons. The van der Waals surface area contributed by atoms with Crippen LogP contribution in [0.5, 0.6) is 5.75 Å². The van der Waals surface area contributed by atoms with Gasteiger partial charge in [0.15, 0.2) is 12.4 Å². The van der Waals surface area contributed by atoms with Crippen LogP contribution in [0.4, 0.5) is 0 Å². The van der Waals surface area contributed by atoms with Gasteiger partial charge in [0.1, 0.15) is 4.90 Å². The average molecular weight is 417 g/mol. The Labute approximate surface area is 140 Å². The zero-order valence-electron chi connectivity index (χ0n) is 10.8. The number of carbonyl (C=O) groups excluding carboxylic acids is 1. The first-order valence-electron chi connectivity index (χ1n) is 6.13. The Kier molecular flexibility index (Phi) is 5.40. The topological polar surface area (TPSA) is 63.7 Å². The van der Waals surface area contributed by atoms with Gasteiger partial charge in [-0.3, -0.25) is 4.79 Å². The highest BCUT2D eigenvalue weighted by Crippen LogP contribution is 2.37. The Morgan fingerprint density at radius 1 is 1.33 bits per heavy atom. The first-order chi connectivity index (χ1) is 9.79. The van der Waals surface area contributed by atoms with E-state index in [-0.39, 0.29) is 28.2 Å². The molecule has 0 saturated carbocycles. The second kappa shape index (κ2) is 6.73. The molecular formula is C12H12BrCl2NO4S. The number of hydrogen-bond acceptors (Lipinski definition) is 4. The van der Waals surface area contributed by atoms with Crippen molar-refractivity contribution in [2.45, 2.75) is 17.7 Å². The minimum atomic E-state index is -4.04. The van der Waals surface area contributed by atoms with Gasteiger partial charge in [0, 0.05) is 28.2 Å². The first-order valence-corrected chi connectivity index (χ1v) is 9.61. The fraction of sp³-hybridized carbons (Fsp3) is 0.417. The molecule has 0 radical (unpaired) electrons. The second-order valence-corrected chi connectivity index (χ2v) is 8.39.